The van der Waals surface area contributed by atoms with Gasteiger partial charge in [0.2, 0.25) is 0 Å². The molecule has 1 unspecified atom stereocenters. The van der Waals surface area contributed by atoms with Crippen LogP contribution in [0, 0.1) is 5.92 Å². The molecule has 26 heavy (non-hydrogen) atoms. The maximum absolute atomic E-state index is 12.9. The molecule has 1 fully saturated rings. The average molecular weight is 373 g/mol. The van der Waals surface area contributed by atoms with Crippen molar-refractivity contribution in [1.29, 1.82) is 0 Å². The van der Waals surface area contributed by atoms with Crippen molar-refractivity contribution in [3.63, 3.8) is 0 Å². The minimum absolute atomic E-state index is 0.0845. The van der Waals surface area contributed by atoms with Gasteiger partial charge < -0.3 is 14.4 Å². The van der Waals surface area contributed by atoms with Crippen molar-refractivity contribution in [2.45, 2.75) is 36.3 Å². The van der Waals surface area contributed by atoms with Gasteiger partial charge in [0.05, 0.1) is 6.26 Å². The van der Waals surface area contributed by atoms with Crippen molar-refractivity contribution in [2.75, 3.05) is 13.1 Å². The predicted octanol–water partition coefficient (Wildman–Crippen LogP) is 4.29. The first-order chi connectivity index (χ1) is 12.6. The highest BCUT2D eigenvalue weighted by atomic mass is 32.2. The van der Waals surface area contributed by atoms with Crippen LogP contribution in [-0.2, 0) is 10.5 Å². The third-order valence-corrected chi connectivity index (χ3v) is 5.71. The first-order valence-corrected chi connectivity index (χ1v) is 9.87. The molecule has 138 valence electrons. The van der Waals surface area contributed by atoms with Gasteiger partial charge in [-0.25, -0.2) is 0 Å². The zero-order valence-corrected chi connectivity index (χ0v) is 15.4. The maximum Gasteiger partial charge on any atom is 0.303 e. The quantitative estimate of drug-likeness (QED) is 0.733. The normalized spacial score (nSPS) is 17.2. The van der Waals surface area contributed by atoms with Gasteiger partial charge in [-0.3, -0.25) is 9.59 Å². The number of hydrogen-bond donors (Lipinski definition) is 1. The molecule has 6 heteroatoms. The summed E-state index contributed by atoms with van der Waals surface area (Å²) in [5.41, 5.74) is 0.900. The Balaban J connectivity index is 1.61. The number of aliphatic carboxylic acids is 1. The van der Waals surface area contributed by atoms with Gasteiger partial charge in [0, 0.05) is 35.7 Å². The molecular formula is C20H23NO4S. The lowest BCUT2D eigenvalue weighted by Gasteiger charge is -2.32. The van der Waals surface area contributed by atoms with Crippen LogP contribution in [0.2, 0.25) is 0 Å². The Hall–Kier alpha value is -2.21. The lowest BCUT2D eigenvalue weighted by atomic mass is 9.93. The number of carbonyl (C=O) groups excluding carboxylic acids is 1. The van der Waals surface area contributed by atoms with Crippen LogP contribution in [-0.4, -0.2) is 35.0 Å². The van der Waals surface area contributed by atoms with E-state index in [4.69, 9.17) is 9.52 Å². The van der Waals surface area contributed by atoms with Crippen molar-refractivity contribution in [3.05, 3.63) is 54.0 Å². The Morgan fingerprint density at radius 2 is 2.04 bits per heavy atom. The number of likely N-dealkylation sites (tertiary alicyclic amines) is 1. The molecule has 0 bridgehead atoms. The van der Waals surface area contributed by atoms with Gasteiger partial charge >= 0.3 is 5.97 Å². The van der Waals surface area contributed by atoms with E-state index in [2.05, 4.69) is 0 Å². The van der Waals surface area contributed by atoms with Crippen molar-refractivity contribution in [2.24, 2.45) is 5.92 Å². The second-order valence-corrected chi connectivity index (χ2v) is 7.62. The number of carbonyl (C=O) groups is 2. The molecule has 1 aliphatic heterocycles. The maximum atomic E-state index is 12.9. The Labute approximate surface area is 157 Å². The SMILES string of the molecule is O=C(O)CCC1CCCN(C(=O)c2occc2CSc2ccccc2)C1. The fourth-order valence-electron chi connectivity index (χ4n) is 3.27. The van der Waals surface area contributed by atoms with Crippen LogP contribution in [0.3, 0.4) is 0 Å². The first kappa shape index (κ1) is 18.6. The third kappa shape index (κ3) is 4.91. The molecule has 5 nitrogen and oxygen atoms in total. The second kappa shape index (κ2) is 8.94. The van der Waals surface area contributed by atoms with Gasteiger partial charge in [-0.1, -0.05) is 18.2 Å². The molecule has 3 rings (SSSR count). The van der Waals surface area contributed by atoms with E-state index >= 15 is 0 Å². The molecule has 1 amide bonds. The van der Waals surface area contributed by atoms with Gasteiger partial charge in [-0.05, 0) is 43.4 Å². The molecule has 1 atom stereocenters. The fraction of sp³-hybridized carbons (Fsp3) is 0.400. The van der Waals surface area contributed by atoms with Crippen LogP contribution < -0.4 is 0 Å². The van der Waals surface area contributed by atoms with Crippen molar-refractivity contribution in [1.82, 2.24) is 4.90 Å². The molecular weight excluding hydrogens is 350 g/mol. The van der Waals surface area contributed by atoms with Crippen LogP contribution in [0.25, 0.3) is 0 Å². The summed E-state index contributed by atoms with van der Waals surface area (Å²) < 4.78 is 5.50. The number of rotatable bonds is 7. The zero-order chi connectivity index (χ0) is 18.4. The van der Waals surface area contributed by atoms with Crippen LogP contribution in [0.4, 0.5) is 0 Å². The number of thioether (sulfide) groups is 1. The van der Waals surface area contributed by atoms with Crippen LogP contribution >= 0.6 is 11.8 Å². The summed E-state index contributed by atoms with van der Waals surface area (Å²) in [6.45, 7) is 1.31. The third-order valence-electron chi connectivity index (χ3n) is 4.65. The first-order valence-electron chi connectivity index (χ1n) is 8.89. The van der Waals surface area contributed by atoms with Gasteiger partial charge in [0.1, 0.15) is 0 Å². The number of carboxylic acids is 1. The molecule has 0 spiro atoms. The molecule has 2 heterocycles. The van der Waals surface area contributed by atoms with Crippen molar-refractivity contribution < 1.29 is 19.1 Å². The molecule has 0 radical (unpaired) electrons. The fourth-order valence-corrected chi connectivity index (χ4v) is 4.17. The highest BCUT2D eigenvalue weighted by Gasteiger charge is 2.27. The Morgan fingerprint density at radius 3 is 2.81 bits per heavy atom. The van der Waals surface area contributed by atoms with E-state index in [0.29, 0.717) is 31.0 Å². The minimum Gasteiger partial charge on any atom is -0.481 e. The van der Waals surface area contributed by atoms with Gasteiger partial charge in [0.25, 0.3) is 5.91 Å². The Kier molecular flexibility index (Phi) is 6.39. The van der Waals surface area contributed by atoms with E-state index in [1.54, 1.807) is 18.0 Å². The molecule has 1 aromatic heterocycles. The van der Waals surface area contributed by atoms with Gasteiger partial charge in [-0.15, -0.1) is 11.8 Å². The zero-order valence-electron chi connectivity index (χ0n) is 14.6. The lowest BCUT2D eigenvalue weighted by Crippen LogP contribution is -2.40. The molecule has 1 aliphatic rings. The summed E-state index contributed by atoms with van der Waals surface area (Å²) in [6, 6.07) is 11.9. The summed E-state index contributed by atoms with van der Waals surface area (Å²) >= 11 is 1.67. The number of furan rings is 1. The predicted molar refractivity (Wildman–Crippen MR) is 100 cm³/mol. The number of carboxylic acid groups (broad SMARTS) is 1. The van der Waals surface area contributed by atoms with E-state index in [0.717, 1.165) is 23.3 Å². The van der Waals surface area contributed by atoms with Crippen LogP contribution in [0.15, 0.2) is 52.0 Å². The molecule has 1 saturated heterocycles. The molecule has 0 aliphatic carbocycles. The topological polar surface area (TPSA) is 70.8 Å². The molecule has 1 aromatic carbocycles. The number of piperidine rings is 1. The van der Waals surface area contributed by atoms with E-state index in [1.165, 1.54) is 0 Å². The van der Waals surface area contributed by atoms with Crippen LogP contribution in [0.1, 0.15) is 41.8 Å². The smallest absolute Gasteiger partial charge is 0.303 e. The summed E-state index contributed by atoms with van der Waals surface area (Å²) in [6.07, 6.45) is 4.23. The Morgan fingerprint density at radius 1 is 1.23 bits per heavy atom. The minimum atomic E-state index is -0.778. The lowest BCUT2D eigenvalue weighted by molar-refractivity contribution is -0.137. The number of nitrogens with zero attached hydrogens (tertiary/aromatic N) is 1. The molecule has 1 N–H and O–H groups in total. The largest absolute Gasteiger partial charge is 0.481 e. The van der Waals surface area contributed by atoms with E-state index in [-0.39, 0.29) is 18.2 Å². The number of amides is 1. The molecule has 0 saturated carbocycles. The summed E-state index contributed by atoms with van der Waals surface area (Å²) in [7, 11) is 0. The molecule has 2 aromatic rings. The average Bonchev–Trinajstić information content (AvgIpc) is 3.14. The van der Waals surface area contributed by atoms with Crippen molar-refractivity contribution >= 4 is 23.6 Å². The summed E-state index contributed by atoms with van der Waals surface area (Å²) in [4.78, 5) is 26.6. The summed E-state index contributed by atoms with van der Waals surface area (Å²) in [5, 5.41) is 8.86. The highest BCUT2D eigenvalue weighted by molar-refractivity contribution is 7.98. The standard InChI is InChI=1S/C20H23NO4S/c22-18(23)9-8-15-5-4-11-21(13-15)20(24)19-16(10-12-25-19)14-26-17-6-2-1-3-7-17/h1-3,6-7,10,12,15H,4-5,8-9,11,13-14H2,(H,22,23). The van der Waals surface area contributed by atoms with Crippen LogP contribution in [0.5, 0.6) is 0 Å². The highest BCUT2D eigenvalue weighted by Crippen LogP contribution is 2.27. The second-order valence-electron chi connectivity index (χ2n) is 6.57. The van der Waals surface area contributed by atoms with E-state index in [9.17, 15) is 9.59 Å². The Bertz CT molecular complexity index is 743. The van der Waals surface area contributed by atoms with Gasteiger partial charge in [-0.2, -0.15) is 0 Å². The van der Waals surface area contributed by atoms with E-state index in [1.807, 2.05) is 41.3 Å². The number of hydrogen-bond acceptors (Lipinski definition) is 4. The van der Waals surface area contributed by atoms with E-state index < -0.39 is 5.97 Å². The number of benzene rings is 1. The summed E-state index contributed by atoms with van der Waals surface area (Å²) in [5.74, 6) is 0.476. The van der Waals surface area contributed by atoms with Gasteiger partial charge in [0.15, 0.2) is 5.76 Å². The monoisotopic (exact) mass is 373 g/mol. The van der Waals surface area contributed by atoms with Crippen molar-refractivity contribution in [3.8, 4) is 0 Å².